The number of hydrogen-bond donors (Lipinski definition) is 5. The lowest BCUT2D eigenvalue weighted by atomic mass is 10.1. The van der Waals surface area contributed by atoms with Crippen LogP contribution in [0.3, 0.4) is 0 Å². The van der Waals surface area contributed by atoms with Crippen LogP contribution in [-0.2, 0) is 20.8 Å². The van der Waals surface area contributed by atoms with Crippen LogP contribution in [0.15, 0.2) is 12.5 Å². The summed E-state index contributed by atoms with van der Waals surface area (Å²) in [5, 5.41) is 11.9. The van der Waals surface area contributed by atoms with Gasteiger partial charge in [-0.2, -0.15) is 0 Å². The van der Waals surface area contributed by atoms with Gasteiger partial charge in [0, 0.05) is 24.9 Å². The van der Waals surface area contributed by atoms with E-state index in [2.05, 4.69) is 15.3 Å². The van der Waals surface area contributed by atoms with Crippen LogP contribution in [-0.4, -0.2) is 69.0 Å². The number of carbonyl (C=O) groups excluding carboxylic acids is 2. The highest BCUT2D eigenvalue weighted by Gasteiger charge is 2.37. The first-order chi connectivity index (χ1) is 12.9. The van der Waals surface area contributed by atoms with Crippen molar-refractivity contribution in [1.29, 1.82) is 0 Å². The number of hydrogen-bond acceptors (Lipinski definition) is 6. The van der Waals surface area contributed by atoms with E-state index < -0.39 is 30.0 Å². The van der Waals surface area contributed by atoms with Gasteiger partial charge in [-0.15, -0.1) is 0 Å². The Morgan fingerprint density at radius 3 is 2.81 bits per heavy atom. The van der Waals surface area contributed by atoms with Gasteiger partial charge in [0.25, 0.3) is 0 Å². The minimum Gasteiger partial charge on any atom is -0.480 e. The molecule has 27 heavy (non-hydrogen) atoms. The zero-order valence-corrected chi connectivity index (χ0v) is 15.3. The number of nitrogens with zero attached hydrogens (tertiary/aromatic N) is 2. The van der Waals surface area contributed by atoms with Crippen molar-refractivity contribution in [2.75, 3.05) is 13.1 Å². The van der Waals surface area contributed by atoms with Gasteiger partial charge in [-0.25, -0.2) is 9.78 Å². The number of nitrogens with two attached hydrogens (primary N) is 2. The Morgan fingerprint density at radius 2 is 2.19 bits per heavy atom. The second-order valence-electron chi connectivity index (χ2n) is 6.76. The lowest BCUT2D eigenvalue weighted by molar-refractivity contribution is -0.144. The number of aromatic amines is 1. The topological polar surface area (TPSA) is 167 Å². The number of aliphatic carboxylic acids is 1. The predicted molar refractivity (Wildman–Crippen MR) is 97.5 cm³/mol. The molecular weight excluding hydrogens is 352 g/mol. The standard InChI is InChI=1S/C17H28N6O4/c18-6-2-1-4-13(17(26)27)22-15(24)14-5-3-7-23(14)16(25)12(19)8-11-9-20-10-21-11/h9-10,12-14H,1-8,18-19H2,(H,20,21)(H,22,24)(H,26,27)/t12-,13-,14-/m0/s1. The van der Waals surface area contributed by atoms with Gasteiger partial charge in [0.15, 0.2) is 0 Å². The number of carbonyl (C=O) groups is 3. The fourth-order valence-electron chi connectivity index (χ4n) is 3.25. The number of rotatable bonds is 10. The number of unbranched alkanes of at least 4 members (excludes halogenated alkanes) is 1. The smallest absolute Gasteiger partial charge is 0.326 e. The van der Waals surface area contributed by atoms with E-state index >= 15 is 0 Å². The van der Waals surface area contributed by atoms with E-state index in [1.165, 1.54) is 11.2 Å². The Hall–Kier alpha value is -2.46. The molecule has 10 heteroatoms. The molecule has 2 rings (SSSR count). The third-order valence-electron chi connectivity index (χ3n) is 4.71. The Labute approximate surface area is 157 Å². The molecule has 1 saturated heterocycles. The van der Waals surface area contributed by atoms with Crippen molar-refractivity contribution in [2.45, 2.75) is 56.7 Å². The number of likely N-dealkylation sites (tertiary alicyclic amines) is 1. The van der Waals surface area contributed by atoms with Gasteiger partial charge in [-0.3, -0.25) is 9.59 Å². The zero-order valence-electron chi connectivity index (χ0n) is 15.3. The van der Waals surface area contributed by atoms with Gasteiger partial charge in [0.1, 0.15) is 12.1 Å². The van der Waals surface area contributed by atoms with Crippen LogP contribution >= 0.6 is 0 Å². The fourth-order valence-corrected chi connectivity index (χ4v) is 3.25. The molecule has 3 atom stereocenters. The average Bonchev–Trinajstić information content (AvgIpc) is 3.31. The molecule has 7 N–H and O–H groups in total. The maximum atomic E-state index is 12.7. The van der Waals surface area contributed by atoms with E-state index in [0.717, 1.165) is 5.69 Å². The van der Waals surface area contributed by atoms with E-state index in [-0.39, 0.29) is 5.91 Å². The Morgan fingerprint density at radius 1 is 1.41 bits per heavy atom. The first-order valence-corrected chi connectivity index (χ1v) is 9.20. The molecule has 2 amide bonds. The molecule has 1 fully saturated rings. The van der Waals surface area contributed by atoms with Crippen molar-refractivity contribution in [1.82, 2.24) is 20.2 Å². The summed E-state index contributed by atoms with van der Waals surface area (Å²) < 4.78 is 0. The summed E-state index contributed by atoms with van der Waals surface area (Å²) in [7, 11) is 0. The summed E-state index contributed by atoms with van der Waals surface area (Å²) in [5.74, 6) is -1.86. The number of carboxylic acid groups (broad SMARTS) is 1. The average molecular weight is 380 g/mol. The maximum Gasteiger partial charge on any atom is 0.326 e. The Bertz CT molecular complexity index is 635. The van der Waals surface area contributed by atoms with Crippen molar-refractivity contribution < 1.29 is 19.5 Å². The van der Waals surface area contributed by atoms with Crippen molar-refractivity contribution in [3.63, 3.8) is 0 Å². The molecule has 0 spiro atoms. The van der Waals surface area contributed by atoms with Crippen LogP contribution in [0, 0.1) is 0 Å². The molecule has 1 aromatic heterocycles. The van der Waals surface area contributed by atoms with E-state index in [4.69, 9.17) is 11.5 Å². The third-order valence-corrected chi connectivity index (χ3v) is 4.71. The zero-order chi connectivity index (χ0) is 19.8. The minimum absolute atomic E-state index is 0.292. The normalized spacial score (nSPS) is 18.9. The quantitative estimate of drug-likeness (QED) is 0.323. The summed E-state index contributed by atoms with van der Waals surface area (Å²) in [6.07, 6.45) is 6.16. The van der Waals surface area contributed by atoms with Gasteiger partial charge >= 0.3 is 5.97 Å². The number of nitrogens with one attached hydrogen (secondary N) is 2. The third kappa shape index (κ3) is 5.76. The number of aromatic nitrogens is 2. The molecule has 0 radical (unpaired) electrons. The van der Waals surface area contributed by atoms with Gasteiger partial charge in [-0.05, 0) is 38.6 Å². The predicted octanol–water partition coefficient (Wildman–Crippen LogP) is -1.03. The van der Waals surface area contributed by atoms with Gasteiger partial charge in [0.2, 0.25) is 11.8 Å². The van der Waals surface area contributed by atoms with Crippen LogP contribution in [0.25, 0.3) is 0 Å². The SMILES string of the molecule is NCCCC[C@H](NC(=O)[C@@H]1CCCN1C(=O)[C@@H](N)Cc1cnc[nH]1)C(=O)O. The lowest BCUT2D eigenvalue weighted by Crippen LogP contribution is -2.54. The number of H-pyrrole nitrogens is 1. The summed E-state index contributed by atoms with van der Waals surface area (Å²) in [4.78, 5) is 44.9. The molecule has 10 nitrogen and oxygen atoms in total. The summed E-state index contributed by atoms with van der Waals surface area (Å²) in [6.45, 7) is 0.901. The largest absolute Gasteiger partial charge is 0.480 e. The van der Waals surface area contributed by atoms with Crippen molar-refractivity contribution in [3.8, 4) is 0 Å². The second-order valence-corrected chi connectivity index (χ2v) is 6.76. The van der Waals surface area contributed by atoms with Gasteiger partial charge in [0.05, 0.1) is 12.4 Å². The molecule has 1 aliphatic heterocycles. The molecule has 2 heterocycles. The van der Waals surface area contributed by atoms with Crippen LogP contribution in [0.2, 0.25) is 0 Å². The van der Waals surface area contributed by atoms with Crippen molar-refractivity contribution in [2.24, 2.45) is 11.5 Å². The van der Waals surface area contributed by atoms with E-state index in [0.29, 0.717) is 51.6 Å². The molecule has 0 aliphatic carbocycles. The number of imidazole rings is 1. The Kier molecular flexibility index (Phi) is 7.74. The Balaban J connectivity index is 1.95. The van der Waals surface area contributed by atoms with Crippen LogP contribution in [0.4, 0.5) is 0 Å². The number of carboxylic acids is 1. The number of amides is 2. The van der Waals surface area contributed by atoms with Crippen LogP contribution in [0.5, 0.6) is 0 Å². The van der Waals surface area contributed by atoms with Crippen molar-refractivity contribution in [3.05, 3.63) is 18.2 Å². The van der Waals surface area contributed by atoms with Crippen LogP contribution < -0.4 is 16.8 Å². The molecule has 1 aliphatic rings. The highest BCUT2D eigenvalue weighted by Crippen LogP contribution is 2.19. The molecule has 1 aromatic rings. The molecular formula is C17H28N6O4. The van der Waals surface area contributed by atoms with E-state index in [1.54, 1.807) is 6.20 Å². The molecule has 0 bridgehead atoms. The minimum atomic E-state index is -1.09. The molecule has 0 aromatic carbocycles. The summed E-state index contributed by atoms with van der Waals surface area (Å²) in [6, 6.07) is -2.47. The van der Waals surface area contributed by atoms with E-state index in [9.17, 15) is 19.5 Å². The maximum absolute atomic E-state index is 12.7. The molecule has 0 unspecified atom stereocenters. The molecule has 0 saturated carbocycles. The summed E-state index contributed by atoms with van der Waals surface area (Å²) in [5.41, 5.74) is 12.2. The highest BCUT2D eigenvalue weighted by atomic mass is 16.4. The highest BCUT2D eigenvalue weighted by molar-refractivity contribution is 5.92. The summed E-state index contributed by atoms with van der Waals surface area (Å²) >= 11 is 0. The second kappa shape index (κ2) is 10.0. The fraction of sp³-hybridized carbons (Fsp3) is 0.647. The first kappa shape index (κ1) is 20.8. The lowest BCUT2D eigenvalue weighted by Gasteiger charge is -2.27. The monoisotopic (exact) mass is 380 g/mol. The first-order valence-electron chi connectivity index (χ1n) is 9.20. The van der Waals surface area contributed by atoms with Crippen molar-refractivity contribution >= 4 is 17.8 Å². The van der Waals surface area contributed by atoms with Gasteiger partial charge in [-0.1, -0.05) is 0 Å². The van der Waals surface area contributed by atoms with Crippen LogP contribution in [0.1, 0.15) is 37.8 Å². The van der Waals surface area contributed by atoms with E-state index in [1.807, 2.05) is 0 Å². The van der Waals surface area contributed by atoms with Gasteiger partial charge < -0.3 is 31.8 Å². The molecule has 150 valence electrons.